The molecule has 0 amide bonds. The Balaban J connectivity index is 2.16. The van der Waals surface area contributed by atoms with E-state index in [2.05, 4.69) is 9.97 Å². The van der Waals surface area contributed by atoms with E-state index >= 15 is 0 Å². The van der Waals surface area contributed by atoms with Gasteiger partial charge in [0.1, 0.15) is 11.6 Å². The van der Waals surface area contributed by atoms with Crippen LogP contribution in [0.3, 0.4) is 0 Å². The predicted octanol–water partition coefficient (Wildman–Crippen LogP) is 3.00. The Bertz CT molecular complexity index is 916. The van der Waals surface area contributed by atoms with E-state index < -0.39 is 0 Å². The maximum absolute atomic E-state index is 12.0. The molecule has 0 spiro atoms. The van der Waals surface area contributed by atoms with Crippen molar-refractivity contribution in [3.8, 4) is 28.4 Å². The summed E-state index contributed by atoms with van der Waals surface area (Å²) >= 11 is 0. The Morgan fingerprint density at radius 1 is 1.13 bits per heavy atom. The van der Waals surface area contributed by atoms with Crippen LogP contribution in [0.4, 0.5) is 5.69 Å². The van der Waals surface area contributed by atoms with Crippen molar-refractivity contribution in [1.82, 2.24) is 9.97 Å². The quantitative estimate of drug-likeness (QED) is 0.729. The van der Waals surface area contributed by atoms with E-state index in [0.717, 1.165) is 16.7 Å². The van der Waals surface area contributed by atoms with Crippen molar-refractivity contribution in [2.24, 2.45) is 0 Å². The van der Waals surface area contributed by atoms with Gasteiger partial charge in [-0.3, -0.25) is 4.79 Å². The largest absolute Gasteiger partial charge is 0.496 e. The highest BCUT2D eigenvalue weighted by Crippen LogP contribution is 2.28. The number of nitrogens with one attached hydrogen (secondary N) is 1. The number of aromatic nitrogens is 2. The molecule has 1 aromatic heterocycles. The molecule has 0 aliphatic rings. The van der Waals surface area contributed by atoms with Gasteiger partial charge in [-0.15, -0.1) is 0 Å². The fraction of sp³-hybridized carbons (Fsp3) is 0.111. The lowest BCUT2D eigenvalue weighted by molar-refractivity contribution is 0.416. The van der Waals surface area contributed by atoms with Crippen molar-refractivity contribution in [2.45, 2.75) is 6.92 Å². The standard InChI is InChI=1S/C18H17N3O2/c1-11-7-8-12(9-14(11)19)15-10-17(22)21-18(20-15)13-5-3-4-6-16(13)23-2/h3-10H,19H2,1-2H3,(H,20,21,22). The second kappa shape index (κ2) is 5.96. The van der Waals surface area contributed by atoms with Gasteiger partial charge in [0.15, 0.2) is 0 Å². The average Bonchev–Trinajstić information content (AvgIpc) is 2.56. The summed E-state index contributed by atoms with van der Waals surface area (Å²) in [6.07, 6.45) is 0. The Morgan fingerprint density at radius 2 is 1.91 bits per heavy atom. The van der Waals surface area contributed by atoms with E-state index in [1.807, 2.05) is 49.4 Å². The van der Waals surface area contributed by atoms with Crippen LogP contribution in [0.2, 0.25) is 0 Å². The number of H-pyrrole nitrogens is 1. The third-order valence-corrected chi connectivity index (χ3v) is 3.68. The van der Waals surface area contributed by atoms with Crippen LogP contribution in [-0.4, -0.2) is 17.1 Å². The minimum Gasteiger partial charge on any atom is -0.496 e. The number of hydrogen-bond donors (Lipinski definition) is 2. The number of benzene rings is 2. The van der Waals surface area contributed by atoms with Gasteiger partial charge in [-0.2, -0.15) is 0 Å². The maximum atomic E-state index is 12.0. The topological polar surface area (TPSA) is 81.0 Å². The summed E-state index contributed by atoms with van der Waals surface area (Å²) in [5.74, 6) is 1.11. The number of nitrogen functional groups attached to an aromatic ring is 1. The van der Waals surface area contributed by atoms with Crippen LogP contribution < -0.4 is 16.0 Å². The lowest BCUT2D eigenvalue weighted by Gasteiger charge is -2.09. The monoisotopic (exact) mass is 307 g/mol. The first-order valence-electron chi connectivity index (χ1n) is 7.20. The van der Waals surface area contributed by atoms with Crippen molar-refractivity contribution in [3.63, 3.8) is 0 Å². The number of aryl methyl sites for hydroxylation is 1. The first-order valence-corrected chi connectivity index (χ1v) is 7.20. The summed E-state index contributed by atoms with van der Waals surface area (Å²) in [6.45, 7) is 1.94. The van der Waals surface area contributed by atoms with Gasteiger partial charge in [-0.1, -0.05) is 24.3 Å². The zero-order valence-corrected chi connectivity index (χ0v) is 13.0. The summed E-state index contributed by atoms with van der Waals surface area (Å²) in [6, 6.07) is 14.5. The molecule has 0 aliphatic heterocycles. The number of methoxy groups -OCH3 is 1. The highest BCUT2D eigenvalue weighted by Gasteiger charge is 2.10. The van der Waals surface area contributed by atoms with Gasteiger partial charge in [0, 0.05) is 17.3 Å². The molecule has 3 N–H and O–H groups in total. The molecule has 0 fully saturated rings. The molecular weight excluding hydrogens is 290 g/mol. The van der Waals surface area contributed by atoms with Gasteiger partial charge in [-0.25, -0.2) is 4.98 Å². The molecule has 0 radical (unpaired) electrons. The van der Waals surface area contributed by atoms with Crippen LogP contribution in [0.5, 0.6) is 5.75 Å². The Kier molecular flexibility index (Phi) is 3.85. The normalized spacial score (nSPS) is 10.5. The number of aromatic amines is 1. The van der Waals surface area contributed by atoms with Crippen molar-refractivity contribution < 1.29 is 4.74 Å². The molecule has 23 heavy (non-hydrogen) atoms. The molecule has 1 heterocycles. The fourth-order valence-corrected chi connectivity index (χ4v) is 2.37. The van der Waals surface area contributed by atoms with E-state index in [1.165, 1.54) is 6.07 Å². The predicted molar refractivity (Wildman–Crippen MR) is 91.4 cm³/mol. The van der Waals surface area contributed by atoms with Crippen molar-refractivity contribution in [2.75, 3.05) is 12.8 Å². The molecule has 5 nitrogen and oxygen atoms in total. The SMILES string of the molecule is COc1ccccc1-c1nc(-c2ccc(C)c(N)c2)cc(=O)[nH]1. The molecule has 3 rings (SSSR count). The molecule has 0 unspecified atom stereocenters. The summed E-state index contributed by atoms with van der Waals surface area (Å²) in [4.78, 5) is 19.4. The lowest BCUT2D eigenvalue weighted by Crippen LogP contribution is -2.09. The molecule has 116 valence electrons. The second-order valence-corrected chi connectivity index (χ2v) is 5.25. The Labute approximate surface area is 133 Å². The van der Waals surface area contributed by atoms with Gasteiger partial charge in [-0.05, 0) is 30.7 Å². The molecule has 0 atom stereocenters. The van der Waals surface area contributed by atoms with Gasteiger partial charge in [0.2, 0.25) is 0 Å². The van der Waals surface area contributed by atoms with Crippen LogP contribution in [0, 0.1) is 6.92 Å². The molecule has 2 aromatic carbocycles. The Hall–Kier alpha value is -3.08. The van der Waals surface area contributed by atoms with E-state index in [9.17, 15) is 4.79 Å². The van der Waals surface area contributed by atoms with Crippen LogP contribution >= 0.6 is 0 Å². The first kappa shape index (κ1) is 14.8. The van der Waals surface area contributed by atoms with Gasteiger partial charge in [0.05, 0.1) is 18.4 Å². The average molecular weight is 307 g/mol. The van der Waals surface area contributed by atoms with E-state index in [4.69, 9.17) is 10.5 Å². The first-order chi connectivity index (χ1) is 11.1. The molecular formula is C18H17N3O2. The van der Waals surface area contributed by atoms with Crippen LogP contribution in [-0.2, 0) is 0 Å². The minimum absolute atomic E-state index is 0.227. The molecule has 0 aliphatic carbocycles. The number of hydrogen-bond acceptors (Lipinski definition) is 4. The van der Waals surface area contributed by atoms with E-state index in [1.54, 1.807) is 7.11 Å². The number of anilines is 1. The molecule has 0 bridgehead atoms. The van der Waals surface area contributed by atoms with Crippen molar-refractivity contribution >= 4 is 5.69 Å². The molecule has 0 saturated heterocycles. The molecule has 3 aromatic rings. The zero-order valence-electron chi connectivity index (χ0n) is 13.0. The van der Waals surface area contributed by atoms with E-state index in [-0.39, 0.29) is 5.56 Å². The number of nitrogens with zero attached hydrogens (tertiary/aromatic N) is 1. The van der Waals surface area contributed by atoms with Crippen molar-refractivity contribution in [3.05, 3.63) is 64.4 Å². The summed E-state index contributed by atoms with van der Waals surface area (Å²) < 4.78 is 5.34. The van der Waals surface area contributed by atoms with Crippen LogP contribution in [0.25, 0.3) is 22.6 Å². The minimum atomic E-state index is -0.227. The van der Waals surface area contributed by atoms with Crippen LogP contribution in [0.15, 0.2) is 53.3 Å². The highest BCUT2D eigenvalue weighted by atomic mass is 16.5. The highest BCUT2D eigenvalue weighted by molar-refractivity contribution is 5.70. The number of ether oxygens (including phenoxy) is 1. The number of rotatable bonds is 3. The third kappa shape index (κ3) is 2.94. The van der Waals surface area contributed by atoms with E-state index in [0.29, 0.717) is 23.0 Å². The van der Waals surface area contributed by atoms with Crippen molar-refractivity contribution in [1.29, 1.82) is 0 Å². The summed E-state index contributed by atoms with van der Waals surface area (Å²) in [7, 11) is 1.58. The van der Waals surface area contributed by atoms with Gasteiger partial charge in [0.25, 0.3) is 5.56 Å². The van der Waals surface area contributed by atoms with Gasteiger partial charge >= 0.3 is 0 Å². The maximum Gasteiger partial charge on any atom is 0.251 e. The van der Waals surface area contributed by atoms with Crippen LogP contribution in [0.1, 0.15) is 5.56 Å². The summed E-state index contributed by atoms with van der Waals surface area (Å²) in [5.41, 5.74) is 9.49. The number of para-hydroxylation sites is 1. The molecule has 0 saturated carbocycles. The summed E-state index contributed by atoms with van der Waals surface area (Å²) in [5, 5.41) is 0. The number of nitrogens with two attached hydrogens (primary N) is 1. The smallest absolute Gasteiger partial charge is 0.251 e. The fourth-order valence-electron chi connectivity index (χ4n) is 2.37. The second-order valence-electron chi connectivity index (χ2n) is 5.25. The lowest BCUT2D eigenvalue weighted by atomic mass is 10.1. The zero-order chi connectivity index (χ0) is 16.4. The third-order valence-electron chi connectivity index (χ3n) is 3.68. The molecule has 5 heteroatoms. The van der Waals surface area contributed by atoms with Gasteiger partial charge < -0.3 is 15.5 Å². The Morgan fingerprint density at radius 3 is 2.65 bits per heavy atom.